The van der Waals surface area contributed by atoms with Crippen LogP contribution in [-0.4, -0.2) is 43.1 Å². The zero-order valence-electron chi connectivity index (χ0n) is 14.8. The first-order valence-corrected chi connectivity index (χ1v) is 8.37. The third kappa shape index (κ3) is 3.96. The fraction of sp³-hybridized carbons (Fsp3) is 0.300. The Hall–Kier alpha value is -3.02. The second-order valence-electron chi connectivity index (χ2n) is 6.06. The summed E-state index contributed by atoms with van der Waals surface area (Å²) in [5, 5.41) is 0. The molecule has 6 heteroatoms. The van der Waals surface area contributed by atoms with Crippen molar-refractivity contribution in [3.8, 4) is 11.5 Å². The zero-order valence-corrected chi connectivity index (χ0v) is 14.8. The van der Waals surface area contributed by atoms with Crippen molar-refractivity contribution < 1.29 is 23.8 Å². The van der Waals surface area contributed by atoms with E-state index in [2.05, 4.69) is 0 Å². The summed E-state index contributed by atoms with van der Waals surface area (Å²) in [6, 6.07) is 14.9. The van der Waals surface area contributed by atoms with E-state index < -0.39 is 12.1 Å². The molecule has 0 aromatic heterocycles. The summed E-state index contributed by atoms with van der Waals surface area (Å²) in [6.07, 6.45) is -0.807. The predicted molar refractivity (Wildman–Crippen MR) is 95.0 cm³/mol. The largest absolute Gasteiger partial charge is 0.485 e. The van der Waals surface area contributed by atoms with Gasteiger partial charge in [0.05, 0.1) is 7.11 Å². The van der Waals surface area contributed by atoms with Crippen molar-refractivity contribution in [3.63, 3.8) is 0 Å². The van der Waals surface area contributed by atoms with E-state index in [1.54, 1.807) is 12.1 Å². The molecule has 1 atom stereocenters. The molecule has 0 saturated heterocycles. The first-order valence-electron chi connectivity index (χ1n) is 8.37. The van der Waals surface area contributed by atoms with E-state index in [-0.39, 0.29) is 19.1 Å². The van der Waals surface area contributed by atoms with Crippen molar-refractivity contribution in [3.05, 3.63) is 59.7 Å². The van der Waals surface area contributed by atoms with E-state index in [1.165, 1.54) is 12.0 Å². The van der Waals surface area contributed by atoms with Gasteiger partial charge in [0.25, 0.3) is 5.91 Å². The average Bonchev–Trinajstić information content (AvgIpc) is 2.68. The predicted octanol–water partition coefficient (Wildman–Crippen LogP) is 2.34. The number of methoxy groups -OCH3 is 1. The maximum absolute atomic E-state index is 13.0. The molecule has 0 radical (unpaired) electrons. The van der Waals surface area contributed by atoms with Crippen LogP contribution in [0.2, 0.25) is 0 Å². The van der Waals surface area contributed by atoms with Crippen molar-refractivity contribution in [2.75, 3.05) is 20.3 Å². The second-order valence-corrected chi connectivity index (χ2v) is 6.06. The van der Waals surface area contributed by atoms with Gasteiger partial charge < -0.3 is 19.1 Å². The molecule has 26 heavy (non-hydrogen) atoms. The SMILES string of the molecule is COC(=O)CN(Cc1ccccc1C)C(=O)C1COc2ccccc2O1. The standard InChI is InChI=1S/C20H21NO5/c1-14-7-3-4-8-15(14)11-21(12-19(22)24-2)20(23)18-13-25-16-9-5-6-10-17(16)26-18/h3-10,18H,11-13H2,1-2H3. The molecule has 1 heterocycles. The maximum atomic E-state index is 13.0. The highest BCUT2D eigenvalue weighted by atomic mass is 16.6. The zero-order chi connectivity index (χ0) is 18.5. The number of rotatable bonds is 5. The van der Waals surface area contributed by atoms with Crippen LogP contribution in [0.4, 0.5) is 0 Å². The molecule has 1 amide bonds. The summed E-state index contributed by atoms with van der Waals surface area (Å²) in [4.78, 5) is 26.2. The minimum Gasteiger partial charge on any atom is -0.485 e. The van der Waals surface area contributed by atoms with Crippen molar-refractivity contribution in [1.82, 2.24) is 4.90 Å². The molecular weight excluding hydrogens is 334 g/mol. The Bertz CT molecular complexity index is 804. The van der Waals surface area contributed by atoms with Crippen LogP contribution in [0, 0.1) is 6.92 Å². The lowest BCUT2D eigenvalue weighted by molar-refractivity contribution is -0.151. The summed E-state index contributed by atoms with van der Waals surface area (Å²) >= 11 is 0. The number of fused-ring (bicyclic) bond motifs is 1. The van der Waals surface area contributed by atoms with E-state index in [4.69, 9.17) is 14.2 Å². The summed E-state index contributed by atoms with van der Waals surface area (Å²) in [6.45, 7) is 2.21. The normalized spacial score (nSPS) is 15.2. The number of aryl methyl sites for hydroxylation is 1. The third-order valence-corrected chi connectivity index (χ3v) is 4.27. The van der Waals surface area contributed by atoms with Crippen LogP contribution >= 0.6 is 0 Å². The monoisotopic (exact) mass is 355 g/mol. The van der Waals surface area contributed by atoms with Gasteiger partial charge in [-0.05, 0) is 30.2 Å². The summed E-state index contributed by atoms with van der Waals surface area (Å²) in [5.74, 6) is 0.332. The molecule has 2 aromatic rings. The molecular formula is C20H21NO5. The molecule has 0 saturated carbocycles. The minimum absolute atomic E-state index is 0.0985. The lowest BCUT2D eigenvalue weighted by atomic mass is 10.1. The Morgan fingerprint density at radius 2 is 1.81 bits per heavy atom. The number of hydrogen-bond donors (Lipinski definition) is 0. The highest BCUT2D eigenvalue weighted by Gasteiger charge is 2.32. The van der Waals surface area contributed by atoms with Crippen LogP contribution in [0.5, 0.6) is 11.5 Å². The number of ether oxygens (including phenoxy) is 3. The highest BCUT2D eigenvalue weighted by Crippen LogP contribution is 2.31. The Labute approximate surface area is 152 Å². The summed E-state index contributed by atoms with van der Waals surface area (Å²) in [5.41, 5.74) is 2.00. The van der Waals surface area contributed by atoms with E-state index in [0.717, 1.165) is 11.1 Å². The number of amides is 1. The molecule has 1 aliphatic heterocycles. The third-order valence-electron chi connectivity index (χ3n) is 4.27. The van der Waals surface area contributed by atoms with E-state index in [1.807, 2.05) is 43.3 Å². The Kier molecular flexibility index (Phi) is 5.41. The van der Waals surface area contributed by atoms with Crippen LogP contribution < -0.4 is 9.47 Å². The molecule has 0 spiro atoms. The molecule has 0 bridgehead atoms. The molecule has 2 aromatic carbocycles. The molecule has 0 aliphatic carbocycles. The van der Waals surface area contributed by atoms with Gasteiger partial charge in [0, 0.05) is 6.54 Å². The number of nitrogens with zero attached hydrogens (tertiary/aromatic N) is 1. The van der Waals surface area contributed by atoms with Crippen LogP contribution in [0.1, 0.15) is 11.1 Å². The van der Waals surface area contributed by atoms with Gasteiger partial charge >= 0.3 is 5.97 Å². The summed E-state index contributed by atoms with van der Waals surface area (Å²) in [7, 11) is 1.30. The van der Waals surface area contributed by atoms with E-state index in [9.17, 15) is 9.59 Å². The molecule has 3 rings (SSSR count). The van der Waals surface area contributed by atoms with Crippen molar-refractivity contribution in [1.29, 1.82) is 0 Å². The Balaban J connectivity index is 1.79. The molecule has 6 nitrogen and oxygen atoms in total. The van der Waals surface area contributed by atoms with Gasteiger partial charge in [0.1, 0.15) is 13.2 Å². The summed E-state index contributed by atoms with van der Waals surface area (Å²) < 4.78 is 16.2. The fourth-order valence-corrected chi connectivity index (χ4v) is 2.77. The minimum atomic E-state index is -0.807. The van der Waals surface area contributed by atoms with Gasteiger partial charge in [-0.25, -0.2) is 0 Å². The number of esters is 1. The second kappa shape index (κ2) is 7.91. The van der Waals surface area contributed by atoms with Gasteiger partial charge in [-0.15, -0.1) is 0 Å². The first kappa shape index (κ1) is 17.8. The maximum Gasteiger partial charge on any atom is 0.325 e. The van der Waals surface area contributed by atoms with Gasteiger partial charge in [0.2, 0.25) is 6.10 Å². The molecule has 1 aliphatic rings. The molecule has 0 N–H and O–H groups in total. The number of hydrogen-bond acceptors (Lipinski definition) is 5. The number of para-hydroxylation sites is 2. The van der Waals surface area contributed by atoms with Crippen molar-refractivity contribution in [2.45, 2.75) is 19.6 Å². The molecule has 136 valence electrons. The topological polar surface area (TPSA) is 65.1 Å². The van der Waals surface area contributed by atoms with Crippen LogP contribution in [0.15, 0.2) is 48.5 Å². The van der Waals surface area contributed by atoms with Crippen molar-refractivity contribution >= 4 is 11.9 Å². The van der Waals surface area contributed by atoms with Gasteiger partial charge in [0.15, 0.2) is 11.5 Å². The lowest BCUT2D eigenvalue weighted by Gasteiger charge is -2.30. The van der Waals surface area contributed by atoms with E-state index in [0.29, 0.717) is 18.0 Å². The molecule has 1 unspecified atom stereocenters. The first-order chi connectivity index (χ1) is 12.6. The van der Waals surface area contributed by atoms with Crippen LogP contribution in [0.3, 0.4) is 0 Å². The van der Waals surface area contributed by atoms with Gasteiger partial charge in [-0.1, -0.05) is 36.4 Å². The van der Waals surface area contributed by atoms with Gasteiger partial charge in [-0.3, -0.25) is 9.59 Å². The van der Waals surface area contributed by atoms with E-state index >= 15 is 0 Å². The highest BCUT2D eigenvalue weighted by molar-refractivity contribution is 5.85. The average molecular weight is 355 g/mol. The fourth-order valence-electron chi connectivity index (χ4n) is 2.77. The Morgan fingerprint density at radius 1 is 1.12 bits per heavy atom. The van der Waals surface area contributed by atoms with Crippen LogP contribution in [0.25, 0.3) is 0 Å². The number of benzene rings is 2. The number of carbonyl (C=O) groups excluding carboxylic acids is 2. The molecule has 0 fully saturated rings. The van der Waals surface area contributed by atoms with Gasteiger partial charge in [-0.2, -0.15) is 0 Å². The smallest absolute Gasteiger partial charge is 0.325 e. The lowest BCUT2D eigenvalue weighted by Crippen LogP contribution is -2.47. The van der Waals surface area contributed by atoms with Crippen LogP contribution in [-0.2, 0) is 20.9 Å². The Morgan fingerprint density at radius 3 is 2.54 bits per heavy atom. The number of carbonyl (C=O) groups is 2. The quantitative estimate of drug-likeness (QED) is 0.770. The van der Waals surface area contributed by atoms with Crippen molar-refractivity contribution in [2.24, 2.45) is 0 Å².